The number of amides is 1. The summed E-state index contributed by atoms with van der Waals surface area (Å²) in [5.74, 6) is -0.522. The molecule has 1 atom stereocenters. The predicted molar refractivity (Wildman–Crippen MR) is 113 cm³/mol. The van der Waals surface area contributed by atoms with E-state index in [1.807, 2.05) is 45.9 Å². The monoisotopic (exact) mass is 403 g/mol. The normalized spacial score (nSPS) is 12.7. The van der Waals surface area contributed by atoms with Crippen LogP contribution in [0.5, 0.6) is 5.75 Å². The molecule has 2 rings (SSSR count). The van der Waals surface area contributed by atoms with Crippen molar-refractivity contribution in [2.24, 2.45) is 5.92 Å². The van der Waals surface area contributed by atoms with E-state index in [1.54, 1.807) is 24.0 Å². The lowest BCUT2D eigenvalue weighted by molar-refractivity contribution is -0.121. The molecule has 2 aromatic carbocycles. The van der Waals surface area contributed by atoms with Crippen LogP contribution in [-0.4, -0.2) is 33.2 Å². The van der Waals surface area contributed by atoms with Gasteiger partial charge in [0.15, 0.2) is 9.84 Å². The Morgan fingerprint density at radius 2 is 1.64 bits per heavy atom. The number of rotatable bonds is 7. The van der Waals surface area contributed by atoms with Crippen LogP contribution in [0, 0.1) is 19.8 Å². The largest absolute Gasteiger partial charge is 0.497 e. The van der Waals surface area contributed by atoms with E-state index in [-0.39, 0.29) is 22.6 Å². The molecule has 0 aliphatic rings. The van der Waals surface area contributed by atoms with Crippen LogP contribution >= 0.6 is 0 Å². The van der Waals surface area contributed by atoms with Gasteiger partial charge in [-0.25, -0.2) is 8.42 Å². The number of sulfone groups is 1. The highest BCUT2D eigenvalue weighted by atomic mass is 32.2. The summed E-state index contributed by atoms with van der Waals surface area (Å²) in [4.78, 5) is 15.1. The lowest BCUT2D eigenvalue weighted by Gasteiger charge is -2.31. The van der Waals surface area contributed by atoms with Crippen molar-refractivity contribution in [1.29, 1.82) is 0 Å². The number of anilines is 1. The molecule has 152 valence electrons. The van der Waals surface area contributed by atoms with E-state index in [1.165, 1.54) is 19.2 Å². The summed E-state index contributed by atoms with van der Waals surface area (Å²) in [5.41, 5.74) is 2.86. The molecule has 0 N–H and O–H groups in total. The average molecular weight is 404 g/mol. The Labute approximate surface area is 168 Å². The van der Waals surface area contributed by atoms with Gasteiger partial charge in [0.1, 0.15) is 5.75 Å². The standard InChI is InChI=1S/C22H29NO4S/c1-15(2)23(21-13-16(3)7-8-17(21)4)22(24)18(5)14-28(25,26)20-11-9-19(27-6)10-12-20/h7-13,15,18H,14H2,1-6H3. The fourth-order valence-electron chi connectivity index (χ4n) is 3.15. The number of benzene rings is 2. The summed E-state index contributed by atoms with van der Waals surface area (Å²) in [7, 11) is -2.07. The predicted octanol–water partition coefficient (Wildman–Crippen LogP) is 4.16. The molecule has 5 nitrogen and oxygen atoms in total. The van der Waals surface area contributed by atoms with Crippen LogP contribution in [0.15, 0.2) is 47.4 Å². The number of hydrogen-bond donors (Lipinski definition) is 0. The van der Waals surface area contributed by atoms with Gasteiger partial charge in [0.05, 0.1) is 17.8 Å². The van der Waals surface area contributed by atoms with Gasteiger partial charge in [-0.15, -0.1) is 0 Å². The number of carbonyl (C=O) groups excluding carboxylic acids is 1. The summed E-state index contributed by atoms with van der Waals surface area (Å²) in [6.07, 6.45) is 0. The van der Waals surface area contributed by atoms with E-state index < -0.39 is 15.8 Å². The minimum absolute atomic E-state index is 0.0841. The third kappa shape index (κ3) is 4.93. The molecule has 2 aromatic rings. The molecular weight excluding hydrogens is 374 g/mol. The van der Waals surface area contributed by atoms with E-state index in [4.69, 9.17) is 4.74 Å². The van der Waals surface area contributed by atoms with Crippen LogP contribution in [-0.2, 0) is 14.6 Å². The maximum Gasteiger partial charge on any atom is 0.231 e. The topological polar surface area (TPSA) is 63.7 Å². The van der Waals surface area contributed by atoms with E-state index >= 15 is 0 Å². The Kier molecular flexibility index (Phi) is 6.88. The fraction of sp³-hybridized carbons (Fsp3) is 0.409. The molecule has 0 saturated carbocycles. The summed E-state index contributed by atoms with van der Waals surface area (Å²) < 4.78 is 30.6. The molecule has 0 heterocycles. The summed E-state index contributed by atoms with van der Waals surface area (Å²) >= 11 is 0. The van der Waals surface area contributed by atoms with Gasteiger partial charge >= 0.3 is 0 Å². The molecule has 28 heavy (non-hydrogen) atoms. The Hall–Kier alpha value is -2.34. The highest BCUT2D eigenvalue weighted by Crippen LogP contribution is 2.27. The second-order valence-electron chi connectivity index (χ2n) is 7.45. The number of methoxy groups -OCH3 is 1. The lowest BCUT2D eigenvalue weighted by atomic mass is 10.1. The van der Waals surface area contributed by atoms with E-state index in [0.29, 0.717) is 5.75 Å². The van der Waals surface area contributed by atoms with Crippen LogP contribution in [0.2, 0.25) is 0 Å². The number of aryl methyl sites for hydroxylation is 2. The molecule has 0 bridgehead atoms. The average Bonchev–Trinajstić information content (AvgIpc) is 2.64. The van der Waals surface area contributed by atoms with Crippen molar-refractivity contribution in [2.75, 3.05) is 17.8 Å². The second-order valence-corrected chi connectivity index (χ2v) is 9.48. The maximum absolute atomic E-state index is 13.2. The fourth-order valence-corrected chi connectivity index (χ4v) is 4.69. The minimum Gasteiger partial charge on any atom is -0.497 e. The van der Waals surface area contributed by atoms with Gasteiger partial charge < -0.3 is 9.64 Å². The molecule has 0 aliphatic carbocycles. The van der Waals surface area contributed by atoms with Crippen LogP contribution in [0.1, 0.15) is 31.9 Å². The molecule has 0 aromatic heterocycles. The zero-order valence-corrected chi connectivity index (χ0v) is 18.2. The van der Waals surface area contributed by atoms with Crippen molar-refractivity contribution in [2.45, 2.75) is 45.6 Å². The number of nitrogens with zero attached hydrogens (tertiary/aromatic N) is 1. The Bertz CT molecular complexity index is 934. The van der Waals surface area contributed by atoms with Crippen LogP contribution < -0.4 is 9.64 Å². The zero-order chi connectivity index (χ0) is 21.1. The molecule has 0 radical (unpaired) electrons. The van der Waals surface area contributed by atoms with Crippen molar-refractivity contribution >= 4 is 21.4 Å². The molecule has 0 saturated heterocycles. The zero-order valence-electron chi connectivity index (χ0n) is 17.4. The van der Waals surface area contributed by atoms with E-state index in [0.717, 1.165) is 16.8 Å². The van der Waals surface area contributed by atoms with E-state index in [2.05, 4.69) is 0 Å². The number of ether oxygens (including phenoxy) is 1. The van der Waals surface area contributed by atoms with Crippen LogP contribution in [0.4, 0.5) is 5.69 Å². The van der Waals surface area contributed by atoms with E-state index in [9.17, 15) is 13.2 Å². The molecule has 0 aliphatic heterocycles. The van der Waals surface area contributed by atoms with Gasteiger partial charge in [-0.3, -0.25) is 4.79 Å². The first-order chi connectivity index (χ1) is 13.1. The van der Waals surface area contributed by atoms with Gasteiger partial charge in [0.25, 0.3) is 0 Å². The summed E-state index contributed by atoms with van der Waals surface area (Å²) in [6.45, 7) is 9.47. The Morgan fingerprint density at radius 1 is 1.04 bits per heavy atom. The Morgan fingerprint density at radius 3 is 2.18 bits per heavy atom. The molecule has 1 amide bonds. The third-order valence-corrected chi connectivity index (χ3v) is 6.62. The smallest absolute Gasteiger partial charge is 0.231 e. The van der Waals surface area contributed by atoms with Crippen molar-refractivity contribution < 1.29 is 17.9 Å². The highest BCUT2D eigenvalue weighted by molar-refractivity contribution is 7.91. The van der Waals surface area contributed by atoms with Crippen LogP contribution in [0.3, 0.4) is 0 Å². The lowest BCUT2D eigenvalue weighted by Crippen LogP contribution is -2.42. The van der Waals surface area contributed by atoms with Crippen molar-refractivity contribution in [3.05, 3.63) is 53.6 Å². The second kappa shape index (κ2) is 8.78. The SMILES string of the molecule is COc1ccc(S(=O)(=O)CC(C)C(=O)N(c2cc(C)ccc2C)C(C)C)cc1. The molecule has 0 spiro atoms. The first-order valence-electron chi connectivity index (χ1n) is 9.34. The maximum atomic E-state index is 13.2. The first kappa shape index (κ1) is 22.0. The van der Waals surface area contributed by atoms with Gasteiger partial charge in [0, 0.05) is 17.6 Å². The van der Waals surface area contributed by atoms with Gasteiger partial charge in [-0.05, 0) is 69.2 Å². The molecule has 0 fully saturated rings. The van der Waals surface area contributed by atoms with Gasteiger partial charge in [-0.2, -0.15) is 0 Å². The highest BCUT2D eigenvalue weighted by Gasteiger charge is 2.29. The van der Waals surface area contributed by atoms with Crippen molar-refractivity contribution in [3.8, 4) is 5.75 Å². The van der Waals surface area contributed by atoms with Gasteiger partial charge in [0.2, 0.25) is 5.91 Å². The molecule has 1 unspecified atom stereocenters. The van der Waals surface area contributed by atoms with Gasteiger partial charge in [-0.1, -0.05) is 19.1 Å². The first-order valence-corrected chi connectivity index (χ1v) is 11.0. The number of carbonyl (C=O) groups is 1. The quantitative estimate of drug-likeness (QED) is 0.696. The Balaban J connectivity index is 2.28. The minimum atomic E-state index is -3.59. The molecule has 6 heteroatoms. The third-order valence-electron chi connectivity index (χ3n) is 4.69. The number of hydrogen-bond acceptors (Lipinski definition) is 4. The summed E-state index contributed by atoms with van der Waals surface area (Å²) in [5, 5.41) is 0. The molecular formula is C22H29NO4S. The van der Waals surface area contributed by atoms with Crippen molar-refractivity contribution in [3.63, 3.8) is 0 Å². The van der Waals surface area contributed by atoms with Crippen molar-refractivity contribution in [1.82, 2.24) is 0 Å². The summed E-state index contributed by atoms with van der Waals surface area (Å²) in [6, 6.07) is 12.1. The van der Waals surface area contributed by atoms with Crippen LogP contribution in [0.25, 0.3) is 0 Å².